The molecule has 0 aromatic heterocycles. The molecular weight excluding hydrogens is 592 g/mol. The molecule has 0 aliphatic heterocycles. The van der Waals surface area contributed by atoms with Crippen molar-refractivity contribution in [3.8, 4) is 0 Å². The molecule has 0 aliphatic rings. The molecule has 0 nitrogen and oxygen atoms in total. The highest BCUT2D eigenvalue weighted by Crippen LogP contribution is 2.30. The van der Waals surface area contributed by atoms with E-state index in [2.05, 4.69) is 104 Å². The number of rotatable bonds is 4. The van der Waals surface area contributed by atoms with Crippen molar-refractivity contribution < 1.29 is 0 Å². The minimum Gasteiger partial charge on any atom is -0.0817 e. The van der Waals surface area contributed by atoms with Gasteiger partial charge in [-0.05, 0) is 6.42 Å². The van der Waals surface area contributed by atoms with Gasteiger partial charge in [0.1, 0.15) is 0 Å². The van der Waals surface area contributed by atoms with Crippen molar-refractivity contribution in [3.05, 3.63) is 0 Å². The van der Waals surface area contributed by atoms with E-state index in [4.69, 9.17) is 0 Å². The van der Waals surface area contributed by atoms with Crippen LogP contribution in [0.3, 0.4) is 0 Å². The van der Waals surface area contributed by atoms with Crippen LogP contribution in [0.4, 0.5) is 0 Å². The predicted molar refractivity (Wildman–Crippen MR) is 87.2 cm³/mol. The van der Waals surface area contributed by atoms with Crippen LogP contribution < -0.4 is 0 Å². The fourth-order valence-electron chi connectivity index (χ4n) is 0.678. The van der Waals surface area contributed by atoms with E-state index in [9.17, 15) is 0 Å². The molecule has 0 spiro atoms. The van der Waals surface area contributed by atoms with Gasteiger partial charge in [-0.25, -0.2) is 0 Å². The van der Waals surface area contributed by atoms with Gasteiger partial charge in [-0.15, -0.1) is 0 Å². The molecular formula is C7H12I4. The SMILES string of the molecule is CCC(I)C(I)C(I)C(C)I. The standard InChI is InChI=1S/C7H12I4/c1-3-5(9)7(11)6(10)4(2)8/h4-7H,3H2,1-2H3. The summed E-state index contributed by atoms with van der Waals surface area (Å²) in [6.07, 6.45) is 1.29. The summed E-state index contributed by atoms with van der Waals surface area (Å²) < 4.78 is 3.22. The van der Waals surface area contributed by atoms with Crippen LogP contribution in [-0.2, 0) is 0 Å². The lowest BCUT2D eigenvalue weighted by Gasteiger charge is -2.22. The molecule has 0 aliphatic carbocycles. The van der Waals surface area contributed by atoms with E-state index in [0.717, 1.165) is 15.7 Å². The highest BCUT2D eigenvalue weighted by Gasteiger charge is 2.24. The minimum absolute atomic E-state index is 0.777. The second-order valence-electron chi connectivity index (χ2n) is 2.49. The van der Waals surface area contributed by atoms with E-state index in [0.29, 0.717) is 0 Å². The van der Waals surface area contributed by atoms with Crippen LogP contribution in [0.5, 0.6) is 0 Å². The van der Waals surface area contributed by atoms with Crippen molar-refractivity contribution >= 4 is 90.4 Å². The van der Waals surface area contributed by atoms with Gasteiger partial charge >= 0.3 is 0 Å². The van der Waals surface area contributed by atoms with E-state index in [1.165, 1.54) is 6.42 Å². The number of hydrogen-bond donors (Lipinski definition) is 0. The van der Waals surface area contributed by atoms with E-state index in [-0.39, 0.29) is 0 Å². The molecule has 4 atom stereocenters. The fourth-order valence-corrected chi connectivity index (χ4v) is 4.79. The summed E-state index contributed by atoms with van der Waals surface area (Å²) in [5, 5.41) is 0. The number of halogens is 4. The van der Waals surface area contributed by atoms with Crippen molar-refractivity contribution in [1.29, 1.82) is 0 Å². The fraction of sp³-hybridized carbons (Fsp3) is 1.00. The van der Waals surface area contributed by atoms with E-state index in [1.54, 1.807) is 0 Å². The van der Waals surface area contributed by atoms with Gasteiger partial charge in [0.15, 0.2) is 0 Å². The Morgan fingerprint density at radius 2 is 1.45 bits per heavy atom. The molecule has 0 saturated heterocycles. The van der Waals surface area contributed by atoms with Crippen LogP contribution in [-0.4, -0.2) is 15.7 Å². The summed E-state index contributed by atoms with van der Waals surface area (Å²) in [4.78, 5) is 0. The van der Waals surface area contributed by atoms with Crippen LogP contribution in [0.2, 0.25) is 0 Å². The first-order valence-corrected chi connectivity index (χ1v) is 8.55. The number of hydrogen-bond acceptors (Lipinski definition) is 0. The molecule has 0 N–H and O–H groups in total. The number of alkyl halides is 4. The van der Waals surface area contributed by atoms with Crippen LogP contribution in [0.1, 0.15) is 20.3 Å². The first-order valence-electron chi connectivity index (χ1n) is 3.57. The van der Waals surface area contributed by atoms with Gasteiger partial charge in [0.25, 0.3) is 0 Å². The maximum absolute atomic E-state index is 2.59. The summed E-state index contributed by atoms with van der Waals surface area (Å²) in [5.74, 6) is 0. The van der Waals surface area contributed by atoms with Crippen LogP contribution >= 0.6 is 90.4 Å². The lowest BCUT2D eigenvalue weighted by atomic mass is 10.2. The monoisotopic (exact) mass is 604 g/mol. The Hall–Kier alpha value is 2.92. The topological polar surface area (TPSA) is 0 Å². The van der Waals surface area contributed by atoms with Crippen LogP contribution in [0.25, 0.3) is 0 Å². The molecule has 4 heteroatoms. The van der Waals surface area contributed by atoms with Gasteiger partial charge in [-0.1, -0.05) is 104 Å². The molecule has 0 radical (unpaired) electrons. The maximum atomic E-state index is 2.59. The Bertz CT molecular complexity index is 105. The second kappa shape index (κ2) is 7.24. The molecule has 11 heavy (non-hydrogen) atoms. The molecule has 0 bridgehead atoms. The van der Waals surface area contributed by atoms with Crippen molar-refractivity contribution in [2.45, 2.75) is 36.0 Å². The van der Waals surface area contributed by atoms with Gasteiger partial charge in [0.2, 0.25) is 0 Å². The molecule has 0 aromatic carbocycles. The smallest absolute Gasteiger partial charge is 0.0355 e. The molecule has 0 amide bonds. The lowest BCUT2D eigenvalue weighted by Crippen LogP contribution is -2.28. The maximum Gasteiger partial charge on any atom is 0.0355 e. The third-order valence-corrected chi connectivity index (χ3v) is 11.5. The van der Waals surface area contributed by atoms with Gasteiger partial charge in [-0.2, -0.15) is 0 Å². The summed E-state index contributed by atoms with van der Waals surface area (Å²) >= 11 is 10.2. The van der Waals surface area contributed by atoms with E-state index >= 15 is 0 Å². The summed E-state index contributed by atoms with van der Waals surface area (Å²) in [6.45, 7) is 4.56. The Labute approximate surface area is 124 Å². The Morgan fingerprint density at radius 1 is 1.00 bits per heavy atom. The zero-order valence-corrected chi connectivity index (χ0v) is 15.2. The Balaban J connectivity index is 3.90. The average molecular weight is 604 g/mol. The first-order chi connectivity index (χ1) is 5.00. The molecule has 0 heterocycles. The zero-order chi connectivity index (χ0) is 9.02. The van der Waals surface area contributed by atoms with E-state index in [1.807, 2.05) is 0 Å². The zero-order valence-electron chi connectivity index (χ0n) is 6.53. The van der Waals surface area contributed by atoms with Gasteiger partial charge < -0.3 is 0 Å². The van der Waals surface area contributed by atoms with Crippen LogP contribution in [0, 0.1) is 0 Å². The summed E-state index contributed by atoms with van der Waals surface area (Å²) in [7, 11) is 0. The lowest BCUT2D eigenvalue weighted by molar-refractivity contribution is 0.774. The molecule has 0 aromatic rings. The minimum atomic E-state index is 0.777. The third kappa shape index (κ3) is 5.38. The van der Waals surface area contributed by atoms with Gasteiger partial charge in [0.05, 0.1) is 0 Å². The van der Waals surface area contributed by atoms with Gasteiger partial charge in [-0.3, -0.25) is 0 Å². The molecule has 4 unspecified atom stereocenters. The quantitative estimate of drug-likeness (QED) is 0.325. The largest absolute Gasteiger partial charge is 0.0817 e. The summed E-state index contributed by atoms with van der Waals surface area (Å²) in [5.41, 5.74) is 0. The van der Waals surface area contributed by atoms with Crippen molar-refractivity contribution in [2.75, 3.05) is 0 Å². The van der Waals surface area contributed by atoms with Crippen LogP contribution in [0.15, 0.2) is 0 Å². The van der Waals surface area contributed by atoms with Gasteiger partial charge in [0, 0.05) is 15.7 Å². The van der Waals surface area contributed by atoms with Crippen molar-refractivity contribution in [2.24, 2.45) is 0 Å². The molecule has 0 fully saturated rings. The Morgan fingerprint density at radius 3 is 1.73 bits per heavy atom. The molecule has 0 rings (SSSR count). The molecule has 0 saturated carbocycles. The Kier molecular flexibility index (Phi) is 9.17. The third-order valence-electron chi connectivity index (χ3n) is 1.48. The second-order valence-corrected chi connectivity index (χ2v) is 8.93. The van der Waals surface area contributed by atoms with Crippen molar-refractivity contribution in [3.63, 3.8) is 0 Å². The first kappa shape index (κ1) is 13.9. The highest BCUT2D eigenvalue weighted by atomic mass is 127. The normalized spacial score (nSPS) is 22.4. The van der Waals surface area contributed by atoms with E-state index < -0.39 is 0 Å². The summed E-state index contributed by atoms with van der Waals surface area (Å²) in [6, 6.07) is 0. The predicted octanol–water partition coefficient (Wildman–Crippen LogP) is 4.63. The average Bonchev–Trinajstić information content (AvgIpc) is 2.00. The van der Waals surface area contributed by atoms with Crippen molar-refractivity contribution in [1.82, 2.24) is 0 Å². The molecule has 68 valence electrons. The highest BCUT2D eigenvalue weighted by molar-refractivity contribution is 14.1.